The van der Waals surface area contributed by atoms with Crippen molar-refractivity contribution in [1.29, 1.82) is 0 Å². The van der Waals surface area contributed by atoms with Gasteiger partial charge in [0.05, 0.1) is 7.11 Å². The Morgan fingerprint density at radius 3 is 2.57 bits per heavy atom. The number of rotatable bonds is 6. The Balaban J connectivity index is 1.96. The topological polar surface area (TPSA) is 21.3 Å². The Morgan fingerprint density at radius 2 is 1.86 bits per heavy atom. The molecule has 0 saturated heterocycles. The zero-order valence-electron chi connectivity index (χ0n) is 12.8. The van der Waals surface area contributed by atoms with E-state index in [0.29, 0.717) is 0 Å². The van der Waals surface area contributed by atoms with Gasteiger partial charge in [-0.15, -0.1) is 0 Å². The average molecular weight is 287 g/mol. The number of ether oxygens (including phenoxy) is 1. The lowest BCUT2D eigenvalue weighted by molar-refractivity contribution is 0.412. The smallest absolute Gasteiger partial charge is 0.123 e. The molecule has 0 aliphatic heterocycles. The number of hydrogen-bond donors (Lipinski definition) is 1. The fourth-order valence-electron chi connectivity index (χ4n) is 2.51. The number of halogens is 1. The van der Waals surface area contributed by atoms with E-state index in [4.69, 9.17) is 4.74 Å². The Hall–Kier alpha value is -1.87. The third-order valence-electron chi connectivity index (χ3n) is 3.56. The fourth-order valence-corrected chi connectivity index (χ4v) is 2.51. The molecule has 0 spiro atoms. The van der Waals surface area contributed by atoms with Crippen LogP contribution >= 0.6 is 0 Å². The summed E-state index contributed by atoms with van der Waals surface area (Å²) in [7, 11) is 1.67. The summed E-state index contributed by atoms with van der Waals surface area (Å²) >= 11 is 0. The third-order valence-corrected chi connectivity index (χ3v) is 3.56. The van der Waals surface area contributed by atoms with Crippen LogP contribution < -0.4 is 10.1 Å². The van der Waals surface area contributed by atoms with Crippen LogP contribution in [0.15, 0.2) is 48.5 Å². The van der Waals surface area contributed by atoms with Gasteiger partial charge in [-0.05, 0) is 55.7 Å². The van der Waals surface area contributed by atoms with Crippen molar-refractivity contribution in [3.05, 3.63) is 65.5 Å². The maximum atomic E-state index is 13.2. The molecule has 112 valence electrons. The monoisotopic (exact) mass is 287 g/mol. The van der Waals surface area contributed by atoms with Crippen molar-refractivity contribution in [1.82, 2.24) is 5.32 Å². The molecule has 0 fully saturated rings. The lowest BCUT2D eigenvalue weighted by Crippen LogP contribution is -2.30. The van der Waals surface area contributed by atoms with Gasteiger partial charge < -0.3 is 10.1 Å². The van der Waals surface area contributed by atoms with Gasteiger partial charge in [0.1, 0.15) is 11.6 Å². The van der Waals surface area contributed by atoms with E-state index in [-0.39, 0.29) is 17.9 Å². The Bertz CT molecular complexity index is 585. The van der Waals surface area contributed by atoms with E-state index >= 15 is 0 Å². The first kappa shape index (κ1) is 15.5. The molecule has 0 bridgehead atoms. The highest BCUT2D eigenvalue weighted by Crippen LogP contribution is 2.19. The maximum absolute atomic E-state index is 13.2. The standard InChI is InChI=1S/C18H22FNO/c1-13(10-15-6-4-8-17(19)11-15)20-14(2)16-7-5-9-18(12-16)21-3/h4-9,11-14,20H,10H2,1-3H3. The summed E-state index contributed by atoms with van der Waals surface area (Å²) in [5.41, 5.74) is 2.19. The lowest BCUT2D eigenvalue weighted by Gasteiger charge is -2.21. The molecule has 2 nitrogen and oxygen atoms in total. The van der Waals surface area contributed by atoms with Crippen LogP contribution in [0.1, 0.15) is 31.0 Å². The zero-order valence-corrected chi connectivity index (χ0v) is 12.8. The van der Waals surface area contributed by atoms with Crippen LogP contribution in [-0.4, -0.2) is 13.2 Å². The number of hydrogen-bond acceptors (Lipinski definition) is 2. The summed E-state index contributed by atoms with van der Waals surface area (Å²) in [6, 6.07) is 15.3. The highest BCUT2D eigenvalue weighted by atomic mass is 19.1. The first-order valence-electron chi connectivity index (χ1n) is 7.23. The fraction of sp³-hybridized carbons (Fsp3) is 0.333. The Labute approximate surface area is 126 Å². The molecule has 3 heteroatoms. The maximum Gasteiger partial charge on any atom is 0.123 e. The average Bonchev–Trinajstić information content (AvgIpc) is 2.47. The number of benzene rings is 2. The van der Waals surface area contributed by atoms with Gasteiger partial charge >= 0.3 is 0 Å². The van der Waals surface area contributed by atoms with Crippen molar-refractivity contribution in [3.63, 3.8) is 0 Å². The molecule has 1 N–H and O–H groups in total. The van der Waals surface area contributed by atoms with Crippen LogP contribution in [0, 0.1) is 5.82 Å². The number of methoxy groups -OCH3 is 1. The summed E-state index contributed by atoms with van der Waals surface area (Å²) in [5, 5.41) is 3.54. The largest absolute Gasteiger partial charge is 0.497 e. The van der Waals surface area contributed by atoms with Crippen LogP contribution in [0.2, 0.25) is 0 Å². The summed E-state index contributed by atoms with van der Waals surface area (Å²) in [5.74, 6) is 0.680. The van der Waals surface area contributed by atoms with Crippen LogP contribution in [0.4, 0.5) is 4.39 Å². The first-order valence-corrected chi connectivity index (χ1v) is 7.23. The molecular formula is C18H22FNO. The zero-order chi connectivity index (χ0) is 15.2. The van der Waals surface area contributed by atoms with E-state index in [9.17, 15) is 4.39 Å². The van der Waals surface area contributed by atoms with Crippen LogP contribution in [0.3, 0.4) is 0 Å². The SMILES string of the molecule is COc1cccc(C(C)NC(C)Cc2cccc(F)c2)c1. The van der Waals surface area contributed by atoms with Crippen molar-refractivity contribution in [2.45, 2.75) is 32.4 Å². The second kappa shape index (κ2) is 7.23. The van der Waals surface area contributed by atoms with E-state index < -0.39 is 0 Å². The highest BCUT2D eigenvalue weighted by Gasteiger charge is 2.11. The van der Waals surface area contributed by atoms with Gasteiger partial charge in [0, 0.05) is 12.1 Å². The summed E-state index contributed by atoms with van der Waals surface area (Å²) in [6.07, 6.45) is 0.798. The van der Waals surface area contributed by atoms with Crippen molar-refractivity contribution in [2.24, 2.45) is 0 Å². The minimum Gasteiger partial charge on any atom is -0.497 e. The second-order valence-electron chi connectivity index (χ2n) is 5.40. The first-order chi connectivity index (χ1) is 10.1. The van der Waals surface area contributed by atoms with Gasteiger partial charge in [0.2, 0.25) is 0 Å². The Kier molecular flexibility index (Phi) is 5.34. The van der Waals surface area contributed by atoms with Gasteiger partial charge in [-0.25, -0.2) is 4.39 Å². The molecule has 2 unspecified atom stereocenters. The van der Waals surface area contributed by atoms with E-state index in [2.05, 4.69) is 25.2 Å². The summed E-state index contributed by atoms with van der Waals surface area (Å²) < 4.78 is 18.4. The molecule has 0 saturated carbocycles. The molecule has 0 radical (unpaired) electrons. The van der Waals surface area contributed by atoms with Crippen LogP contribution in [0.25, 0.3) is 0 Å². The van der Waals surface area contributed by atoms with Gasteiger partial charge in [-0.1, -0.05) is 24.3 Å². The molecule has 2 aromatic carbocycles. The highest BCUT2D eigenvalue weighted by molar-refractivity contribution is 5.30. The molecule has 0 aliphatic carbocycles. The lowest BCUT2D eigenvalue weighted by atomic mass is 10.0. The molecule has 2 aromatic rings. The Morgan fingerprint density at radius 1 is 1.10 bits per heavy atom. The quantitative estimate of drug-likeness (QED) is 0.863. The minimum absolute atomic E-state index is 0.180. The normalized spacial score (nSPS) is 13.7. The van der Waals surface area contributed by atoms with Crippen LogP contribution in [0.5, 0.6) is 5.75 Å². The molecule has 0 aromatic heterocycles. The molecule has 2 atom stereocenters. The second-order valence-corrected chi connectivity index (χ2v) is 5.40. The third kappa shape index (κ3) is 4.57. The molecule has 21 heavy (non-hydrogen) atoms. The van der Waals surface area contributed by atoms with E-state index in [1.54, 1.807) is 19.2 Å². The van der Waals surface area contributed by atoms with E-state index in [0.717, 1.165) is 17.7 Å². The van der Waals surface area contributed by atoms with Gasteiger partial charge in [0.25, 0.3) is 0 Å². The van der Waals surface area contributed by atoms with Crippen molar-refractivity contribution in [2.75, 3.05) is 7.11 Å². The van der Waals surface area contributed by atoms with Crippen molar-refractivity contribution >= 4 is 0 Å². The molecule has 0 aliphatic rings. The molecule has 0 amide bonds. The van der Waals surface area contributed by atoms with Gasteiger partial charge in [-0.2, -0.15) is 0 Å². The van der Waals surface area contributed by atoms with Crippen LogP contribution in [-0.2, 0) is 6.42 Å². The van der Waals surface area contributed by atoms with E-state index in [1.807, 2.05) is 24.3 Å². The van der Waals surface area contributed by atoms with Gasteiger partial charge in [-0.3, -0.25) is 0 Å². The molecule has 0 heterocycles. The minimum atomic E-state index is -0.180. The predicted molar refractivity (Wildman–Crippen MR) is 84.1 cm³/mol. The van der Waals surface area contributed by atoms with Crippen molar-refractivity contribution < 1.29 is 9.13 Å². The summed E-state index contributed by atoms with van der Waals surface area (Å²) in [6.45, 7) is 4.23. The van der Waals surface area contributed by atoms with Crippen molar-refractivity contribution in [3.8, 4) is 5.75 Å². The predicted octanol–water partition coefficient (Wildman–Crippen LogP) is 4.12. The number of nitrogens with one attached hydrogen (secondary N) is 1. The molecule has 2 rings (SSSR count). The summed E-state index contributed by atoms with van der Waals surface area (Å²) in [4.78, 5) is 0. The van der Waals surface area contributed by atoms with E-state index in [1.165, 1.54) is 11.6 Å². The molecular weight excluding hydrogens is 265 g/mol. The van der Waals surface area contributed by atoms with Gasteiger partial charge in [0.15, 0.2) is 0 Å².